The number of rotatable bonds is 5. The molecule has 0 spiro atoms. The summed E-state index contributed by atoms with van der Waals surface area (Å²) in [6, 6.07) is 32.3. The van der Waals surface area contributed by atoms with Gasteiger partial charge in [0.2, 0.25) is 0 Å². The molecule has 1 unspecified atom stereocenters. The summed E-state index contributed by atoms with van der Waals surface area (Å²) >= 11 is 2.45. The standard InChI is InChI=1S/C36H35.3ClH.Ti/c1-24-15-25(2)19-31(18-24)36(32-20-26(3)16-27(4)21-32,33-22-28(5)17-29(6)23-33)35-14-10-13-34(35)30-11-8-7-9-12-30;;;;/h7-23H,1-6H3;3*1H;/q;;;;+3/p-3. The predicted octanol–water partition coefficient (Wildman–Crippen LogP) is 0.242. The molecular formula is C36H35Cl3Ti. The first-order valence-electron chi connectivity index (χ1n) is 13.1. The van der Waals surface area contributed by atoms with Crippen LogP contribution in [-0.4, -0.2) is 0 Å². The summed E-state index contributed by atoms with van der Waals surface area (Å²) in [5.41, 5.74) is 14.0. The summed E-state index contributed by atoms with van der Waals surface area (Å²) in [4.78, 5) is 0. The Labute approximate surface area is 271 Å². The van der Waals surface area contributed by atoms with Crippen molar-refractivity contribution in [2.24, 2.45) is 0 Å². The van der Waals surface area contributed by atoms with Gasteiger partial charge < -0.3 is 37.2 Å². The number of benzene rings is 4. The van der Waals surface area contributed by atoms with Crippen molar-refractivity contribution < 1.29 is 57.7 Å². The van der Waals surface area contributed by atoms with Gasteiger partial charge in [-0.05, 0) is 0 Å². The average Bonchev–Trinajstić information content (AvgIpc) is 3.21. The van der Waals surface area contributed by atoms with Crippen molar-refractivity contribution in [2.45, 2.75) is 50.7 Å². The Kier molecular flexibility index (Phi) is 11.3. The Hall–Kier alpha value is -2.06. The van der Waals surface area contributed by atoms with Gasteiger partial charge in [0.05, 0.1) is 0 Å². The molecule has 1 atom stereocenters. The summed E-state index contributed by atoms with van der Waals surface area (Å²) in [6.07, 6.45) is 7.05. The normalized spacial score (nSPS) is 15.9. The maximum Gasteiger partial charge on any atom is -1.00 e. The molecule has 5 rings (SSSR count). The summed E-state index contributed by atoms with van der Waals surface area (Å²) in [7, 11) is 0. The second-order valence-corrected chi connectivity index (χ2v) is 12.2. The SMILES string of the molecule is Cc1cc(C)cc(C(c2cc(C)cc(C)c2)(c2cc(C)cc(C)c2)[C]2([Ti+3])C=CC=C2c2ccccc2)c1.[Cl-].[Cl-].[Cl-]. The fourth-order valence-electron chi connectivity index (χ4n) is 6.54. The molecule has 0 radical (unpaired) electrons. The Morgan fingerprint density at radius 3 is 1.23 bits per heavy atom. The van der Waals surface area contributed by atoms with E-state index >= 15 is 0 Å². The molecule has 40 heavy (non-hydrogen) atoms. The van der Waals surface area contributed by atoms with E-state index in [9.17, 15) is 0 Å². The van der Waals surface area contributed by atoms with Gasteiger partial charge in [0.15, 0.2) is 0 Å². The fraction of sp³-hybridized carbons (Fsp3) is 0.222. The maximum atomic E-state index is 2.45. The molecule has 0 N–H and O–H groups in total. The van der Waals surface area contributed by atoms with Crippen LogP contribution < -0.4 is 37.2 Å². The minimum Gasteiger partial charge on any atom is -1.00 e. The molecule has 0 heterocycles. The van der Waals surface area contributed by atoms with E-state index < -0.39 is 5.41 Å². The number of hydrogen-bond donors (Lipinski definition) is 0. The molecule has 4 aromatic carbocycles. The first kappa shape index (κ1) is 34.1. The third-order valence-corrected chi connectivity index (χ3v) is 8.94. The van der Waals surface area contributed by atoms with E-state index in [1.807, 2.05) is 0 Å². The molecule has 0 aliphatic heterocycles. The molecular weight excluding hydrogens is 587 g/mol. The van der Waals surface area contributed by atoms with E-state index in [4.69, 9.17) is 0 Å². The molecule has 0 nitrogen and oxygen atoms in total. The van der Waals surface area contributed by atoms with Crippen molar-refractivity contribution in [3.63, 3.8) is 0 Å². The topological polar surface area (TPSA) is 0 Å². The number of aryl methyl sites for hydroxylation is 6. The molecule has 0 saturated carbocycles. The van der Waals surface area contributed by atoms with Crippen LogP contribution in [-0.2, 0) is 25.9 Å². The predicted molar refractivity (Wildman–Crippen MR) is 154 cm³/mol. The second kappa shape index (κ2) is 13.3. The summed E-state index contributed by atoms with van der Waals surface area (Å²) in [5, 5.41) is 0. The van der Waals surface area contributed by atoms with Crippen LogP contribution in [0.1, 0.15) is 55.6 Å². The molecule has 0 saturated heterocycles. The number of allylic oxidation sites excluding steroid dienone is 4. The quantitative estimate of drug-likeness (QED) is 0.222. The van der Waals surface area contributed by atoms with Gasteiger partial charge in [-0.1, -0.05) is 0 Å². The van der Waals surface area contributed by atoms with Crippen molar-refractivity contribution >= 4 is 5.57 Å². The maximum absolute atomic E-state index is 2.45. The van der Waals surface area contributed by atoms with Crippen LogP contribution in [0.4, 0.5) is 0 Å². The Morgan fingerprint density at radius 2 is 0.875 bits per heavy atom. The van der Waals surface area contributed by atoms with Gasteiger partial charge in [-0.3, -0.25) is 0 Å². The van der Waals surface area contributed by atoms with Crippen LogP contribution in [0, 0.1) is 41.5 Å². The fourth-order valence-corrected chi connectivity index (χ4v) is 7.72. The Bertz CT molecular complexity index is 1370. The van der Waals surface area contributed by atoms with Gasteiger partial charge in [0, 0.05) is 0 Å². The third kappa shape index (κ3) is 5.94. The van der Waals surface area contributed by atoms with Crippen molar-refractivity contribution in [3.05, 3.63) is 159 Å². The van der Waals surface area contributed by atoms with Crippen molar-refractivity contribution in [1.82, 2.24) is 0 Å². The monoisotopic (exact) mass is 620 g/mol. The van der Waals surface area contributed by atoms with E-state index in [1.165, 1.54) is 61.2 Å². The van der Waals surface area contributed by atoms with Crippen molar-refractivity contribution in [1.29, 1.82) is 0 Å². The zero-order valence-electron chi connectivity index (χ0n) is 23.9. The number of halogens is 3. The largest absolute Gasteiger partial charge is 1.00 e. The molecule has 0 bridgehead atoms. The van der Waals surface area contributed by atoms with Crippen LogP contribution in [0.25, 0.3) is 5.57 Å². The van der Waals surface area contributed by atoms with Crippen LogP contribution in [0.3, 0.4) is 0 Å². The molecule has 4 heteroatoms. The molecule has 0 fully saturated rings. The van der Waals surface area contributed by atoms with Crippen LogP contribution in [0.15, 0.2) is 103 Å². The third-order valence-electron chi connectivity index (χ3n) is 7.67. The Morgan fingerprint density at radius 1 is 0.525 bits per heavy atom. The molecule has 1 aliphatic rings. The summed E-state index contributed by atoms with van der Waals surface area (Å²) < 4.78 is -0.324. The zero-order chi connectivity index (χ0) is 26.4. The minimum absolute atomic E-state index is 0. The molecule has 4 aromatic rings. The van der Waals surface area contributed by atoms with Crippen LogP contribution in [0.5, 0.6) is 0 Å². The zero-order valence-corrected chi connectivity index (χ0v) is 27.8. The average molecular weight is 622 g/mol. The van der Waals surface area contributed by atoms with Gasteiger partial charge >= 0.3 is 235 Å². The molecule has 0 aromatic heterocycles. The summed E-state index contributed by atoms with van der Waals surface area (Å²) in [6.45, 7) is 13.4. The molecule has 0 amide bonds. The van der Waals surface area contributed by atoms with Gasteiger partial charge in [-0.25, -0.2) is 0 Å². The van der Waals surface area contributed by atoms with E-state index in [1.54, 1.807) is 0 Å². The van der Waals surface area contributed by atoms with E-state index in [2.05, 4.69) is 165 Å². The van der Waals surface area contributed by atoms with Crippen molar-refractivity contribution in [2.75, 3.05) is 0 Å². The van der Waals surface area contributed by atoms with E-state index in [0.717, 1.165) is 0 Å². The van der Waals surface area contributed by atoms with Gasteiger partial charge in [-0.2, -0.15) is 0 Å². The van der Waals surface area contributed by atoms with Gasteiger partial charge in [0.1, 0.15) is 0 Å². The smallest absolute Gasteiger partial charge is 1.00 e. The van der Waals surface area contributed by atoms with E-state index in [-0.39, 0.29) is 40.9 Å². The van der Waals surface area contributed by atoms with E-state index in [0.29, 0.717) is 0 Å². The van der Waals surface area contributed by atoms with Crippen LogP contribution >= 0.6 is 0 Å². The second-order valence-electron chi connectivity index (χ2n) is 11.0. The van der Waals surface area contributed by atoms with Gasteiger partial charge in [-0.15, -0.1) is 0 Å². The molecule has 1 aliphatic carbocycles. The minimum atomic E-state index is -0.438. The first-order chi connectivity index (χ1) is 17.6. The first-order valence-corrected chi connectivity index (χ1v) is 13.9. The molecule has 204 valence electrons. The van der Waals surface area contributed by atoms with Crippen LogP contribution in [0.2, 0.25) is 3.72 Å². The van der Waals surface area contributed by atoms with Crippen molar-refractivity contribution in [3.8, 4) is 0 Å². The van der Waals surface area contributed by atoms with Gasteiger partial charge in [0.25, 0.3) is 0 Å². The number of hydrogen-bond acceptors (Lipinski definition) is 0. The summed E-state index contributed by atoms with van der Waals surface area (Å²) in [5.74, 6) is 0. The Balaban J connectivity index is 0.00000187.